The first-order chi connectivity index (χ1) is 8.19. The highest BCUT2D eigenvalue weighted by molar-refractivity contribution is 9.10. The van der Waals surface area contributed by atoms with Gasteiger partial charge in [-0.15, -0.1) is 0 Å². The van der Waals surface area contributed by atoms with Crippen molar-refractivity contribution >= 4 is 15.9 Å². The third kappa shape index (κ3) is 2.13. The molecule has 0 aliphatic heterocycles. The molecule has 0 radical (unpaired) electrons. The van der Waals surface area contributed by atoms with Gasteiger partial charge in [-0.1, -0.05) is 0 Å². The molecule has 0 aliphatic carbocycles. The molecule has 7 heteroatoms. The molecule has 2 heterocycles. The van der Waals surface area contributed by atoms with Crippen LogP contribution in [0, 0.1) is 0 Å². The largest absolute Gasteiger partial charge is 0.336 e. The average molecular weight is 299 g/mol. The lowest BCUT2D eigenvalue weighted by atomic mass is 10.2. The molecular weight excluding hydrogens is 284 g/mol. The quantitative estimate of drug-likeness (QED) is 0.651. The Morgan fingerprint density at radius 1 is 1.59 bits per heavy atom. The molecule has 3 N–H and O–H groups in total. The van der Waals surface area contributed by atoms with Crippen LogP contribution in [0.1, 0.15) is 24.5 Å². The minimum Gasteiger partial charge on any atom is -0.336 e. The van der Waals surface area contributed by atoms with Crippen molar-refractivity contribution in [2.45, 2.75) is 19.5 Å². The van der Waals surface area contributed by atoms with Gasteiger partial charge in [-0.3, -0.25) is 10.5 Å². The molecule has 17 heavy (non-hydrogen) atoms. The Morgan fingerprint density at radius 2 is 2.35 bits per heavy atom. The number of rotatable bonds is 4. The van der Waals surface area contributed by atoms with Gasteiger partial charge >= 0.3 is 0 Å². The van der Waals surface area contributed by atoms with E-state index in [9.17, 15) is 0 Å². The lowest BCUT2D eigenvalue weighted by Gasteiger charge is -2.17. The van der Waals surface area contributed by atoms with Crippen LogP contribution in [0.15, 0.2) is 23.1 Å². The van der Waals surface area contributed by atoms with E-state index in [0.717, 1.165) is 22.5 Å². The highest BCUT2D eigenvalue weighted by Crippen LogP contribution is 2.26. The average Bonchev–Trinajstić information content (AvgIpc) is 2.89. The molecule has 2 aromatic heterocycles. The second-order valence-electron chi connectivity index (χ2n) is 3.69. The van der Waals surface area contributed by atoms with Crippen LogP contribution in [0.4, 0.5) is 0 Å². The summed E-state index contributed by atoms with van der Waals surface area (Å²) in [6, 6.07) is -0.188. The highest BCUT2D eigenvalue weighted by atomic mass is 79.9. The zero-order chi connectivity index (χ0) is 12.4. The van der Waals surface area contributed by atoms with E-state index in [4.69, 9.17) is 5.84 Å². The molecule has 0 spiro atoms. The van der Waals surface area contributed by atoms with Gasteiger partial charge in [0.15, 0.2) is 0 Å². The van der Waals surface area contributed by atoms with Gasteiger partial charge in [0.2, 0.25) is 0 Å². The Hall–Kier alpha value is -1.18. The lowest BCUT2D eigenvalue weighted by Crippen LogP contribution is -2.32. The summed E-state index contributed by atoms with van der Waals surface area (Å²) in [6.07, 6.45) is 5.41. The molecule has 0 saturated heterocycles. The minimum absolute atomic E-state index is 0.188. The maximum Gasteiger partial charge on any atom is 0.133 e. The number of aryl methyl sites for hydroxylation is 2. The Kier molecular flexibility index (Phi) is 3.60. The normalized spacial score (nSPS) is 12.9. The van der Waals surface area contributed by atoms with Gasteiger partial charge < -0.3 is 4.57 Å². The summed E-state index contributed by atoms with van der Waals surface area (Å²) in [5.41, 5.74) is 3.77. The van der Waals surface area contributed by atoms with E-state index in [1.54, 1.807) is 12.4 Å². The second kappa shape index (κ2) is 4.99. The number of nitrogens with two attached hydrogens (primary N) is 1. The van der Waals surface area contributed by atoms with Gasteiger partial charge in [0.1, 0.15) is 11.9 Å². The molecule has 0 aliphatic rings. The van der Waals surface area contributed by atoms with Gasteiger partial charge in [0.25, 0.3) is 0 Å². The molecule has 2 rings (SSSR count). The number of hydrogen-bond donors (Lipinski definition) is 2. The third-order valence-corrected chi connectivity index (χ3v) is 3.30. The molecule has 92 valence electrons. The number of imidazole rings is 1. The molecule has 0 aromatic carbocycles. The van der Waals surface area contributed by atoms with Crippen molar-refractivity contribution in [2.24, 2.45) is 12.9 Å². The Morgan fingerprint density at radius 3 is 2.88 bits per heavy atom. The molecule has 6 nitrogen and oxygen atoms in total. The first kappa shape index (κ1) is 12.3. The molecule has 2 aromatic rings. The van der Waals surface area contributed by atoms with Crippen LogP contribution >= 0.6 is 15.9 Å². The first-order valence-corrected chi connectivity index (χ1v) is 6.12. The van der Waals surface area contributed by atoms with Gasteiger partial charge in [0.05, 0.1) is 16.4 Å². The number of halogens is 1. The van der Waals surface area contributed by atoms with Crippen LogP contribution in [0.2, 0.25) is 0 Å². The maximum atomic E-state index is 5.65. The van der Waals surface area contributed by atoms with Crippen molar-refractivity contribution in [1.29, 1.82) is 0 Å². The van der Waals surface area contributed by atoms with Crippen LogP contribution in [-0.2, 0) is 13.6 Å². The standard InChI is InChI=1S/C10H15BrN6/c1-3-17-9(7(11)6-14-17)8(15-12)10-13-4-5-16(10)2/h4-6,8,15H,3,12H2,1-2H3. The summed E-state index contributed by atoms with van der Waals surface area (Å²) in [4.78, 5) is 4.32. The fourth-order valence-corrected chi connectivity index (χ4v) is 2.37. The van der Waals surface area contributed by atoms with Gasteiger partial charge in [-0.05, 0) is 22.9 Å². The predicted molar refractivity (Wildman–Crippen MR) is 68.0 cm³/mol. The summed E-state index contributed by atoms with van der Waals surface area (Å²) in [6.45, 7) is 2.82. The number of hydrazine groups is 1. The van der Waals surface area contributed by atoms with E-state index in [1.807, 2.05) is 29.4 Å². The third-order valence-electron chi connectivity index (χ3n) is 2.69. The van der Waals surface area contributed by atoms with E-state index < -0.39 is 0 Å². The number of hydrogen-bond acceptors (Lipinski definition) is 4. The summed E-state index contributed by atoms with van der Waals surface area (Å²) in [5, 5.41) is 4.28. The first-order valence-electron chi connectivity index (χ1n) is 5.33. The van der Waals surface area contributed by atoms with Crippen molar-refractivity contribution < 1.29 is 0 Å². The Balaban J connectivity index is 2.49. The SMILES string of the molecule is CCn1ncc(Br)c1C(NN)c1nccn1C. The molecule has 0 saturated carbocycles. The van der Waals surface area contributed by atoms with Crippen LogP contribution in [0.3, 0.4) is 0 Å². The number of nitrogens with zero attached hydrogens (tertiary/aromatic N) is 4. The van der Waals surface area contributed by atoms with Crippen LogP contribution in [0.25, 0.3) is 0 Å². The molecule has 0 bridgehead atoms. The highest BCUT2D eigenvalue weighted by Gasteiger charge is 2.23. The monoisotopic (exact) mass is 298 g/mol. The van der Waals surface area contributed by atoms with Gasteiger partial charge in [0, 0.05) is 26.0 Å². The van der Waals surface area contributed by atoms with Gasteiger partial charge in [-0.25, -0.2) is 10.4 Å². The van der Waals surface area contributed by atoms with Crippen molar-refractivity contribution in [2.75, 3.05) is 0 Å². The zero-order valence-corrected chi connectivity index (χ0v) is 11.3. The van der Waals surface area contributed by atoms with Gasteiger partial charge in [-0.2, -0.15) is 5.10 Å². The zero-order valence-electron chi connectivity index (χ0n) is 9.76. The Labute approximate surface area is 108 Å². The predicted octanol–water partition coefficient (Wildman–Crippen LogP) is 0.952. The molecular formula is C10H15BrN6. The van der Waals surface area contributed by atoms with E-state index in [1.165, 1.54) is 0 Å². The van der Waals surface area contributed by atoms with Crippen LogP contribution < -0.4 is 11.3 Å². The van der Waals surface area contributed by atoms with E-state index in [0.29, 0.717) is 0 Å². The second-order valence-corrected chi connectivity index (χ2v) is 4.54. The summed E-state index contributed by atoms with van der Waals surface area (Å²) < 4.78 is 4.75. The van der Waals surface area contributed by atoms with E-state index in [2.05, 4.69) is 31.4 Å². The number of nitrogens with one attached hydrogen (secondary N) is 1. The molecule has 0 amide bonds. The lowest BCUT2D eigenvalue weighted by molar-refractivity contribution is 0.513. The fourth-order valence-electron chi connectivity index (χ4n) is 1.84. The molecule has 0 fully saturated rings. The van der Waals surface area contributed by atoms with Crippen LogP contribution in [0.5, 0.6) is 0 Å². The number of aromatic nitrogens is 4. The summed E-state index contributed by atoms with van der Waals surface area (Å²) in [5.74, 6) is 6.50. The minimum atomic E-state index is -0.188. The van der Waals surface area contributed by atoms with Crippen molar-refractivity contribution in [3.63, 3.8) is 0 Å². The molecule has 1 atom stereocenters. The van der Waals surface area contributed by atoms with Crippen LogP contribution in [-0.4, -0.2) is 19.3 Å². The Bertz CT molecular complexity index is 503. The summed E-state index contributed by atoms with van der Waals surface area (Å²) in [7, 11) is 1.94. The topological polar surface area (TPSA) is 73.7 Å². The summed E-state index contributed by atoms with van der Waals surface area (Å²) >= 11 is 3.49. The van der Waals surface area contributed by atoms with E-state index >= 15 is 0 Å². The van der Waals surface area contributed by atoms with E-state index in [-0.39, 0.29) is 6.04 Å². The fraction of sp³-hybridized carbons (Fsp3) is 0.400. The van der Waals surface area contributed by atoms with Crippen molar-refractivity contribution in [3.05, 3.63) is 34.6 Å². The smallest absolute Gasteiger partial charge is 0.133 e. The maximum absolute atomic E-state index is 5.65. The van der Waals surface area contributed by atoms with Crippen molar-refractivity contribution in [1.82, 2.24) is 24.8 Å². The van der Waals surface area contributed by atoms with Crippen molar-refractivity contribution in [3.8, 4) is 0 Å². The molecule has 1 unspecified atom stereocenters.